The summed E-state index contributed by atoms with van der Waals surface area (Å²) in [5, 5.41) is 2.53. The van der Waals surface area contributed by atoms with E-state index in [1.54, 1.807) is 0 Å². The van der Waals surface area contributed by atoms with Crippen LogP contribution in [0.5, 0.6) is 0 Å². The van der Waals surface area contributed by atoms with Gasteiger partial charge in [0.15, 0.2) is 0 Å². The predicted molar refractivity (Wildman–Crippen MR) is 58.8 cm³/mol. The van der Waals surface area contributed by atoms with Gasteiger partial charge < -0.3 is 21.5 Å². The minimum Gasteiger partial charge on any atom is -0.382 e. The van der Waals surface area contributed by atoms with Crippen molar-refractivity contribution in [1.82, 2.24) is 15.3 Å². The maximum atomic E-state index is 11.5. The summed E-state index contributed by atoms with van der Waals surface area (Å²) in [6, 6.07) is 0. The molecule has 0 aliphatic carbocycles. The van der Waals surface area contributed by atoms with E-state index in [0.29, 0.717) is 0 Å². The number of hydrogen-bond acceptors (Lipinski definition) is 6. The number of amides is 2. The second-order valence-electron chi connectivity index (χ2n) is 3.10. The molecule has 1 heterocycles. The molecule has 1 rings (SSSR count). The number of nitrogens with one attached hydrogen (secondary N) is 1. The van der Waals surface area contributed by atoms with Gasteiger partial charge in [0.2, 0.25) is 5.91 Å². The Balaban J connectivity index is 2.25. The Bertz CT molecular complexity index is 392. The highest BCUT2D eigenvalue weighted by Crippen LogP contribution is 1.95. The van der Waals surface area contributed by atoms with Crippen LogP contribution in [0.4, 0.5) is 5.82 Å². The number of carbonyl (C=O) groups is 2. The monoisotopic (exact) mass is 239 g/mol. The predicted octanol–water partition coefficient (Wildman–Crippen LogP) is -1.71. The summed E-state index contributed by atoms with van der Waals surface area (Å²) in [6.45, 7) is 0.271. The van der Waals surface area contributed by atoms with Crippen LogP contribution in [0.25, 0.3) is 0 Å². The maximum Gasteiger partial charge on any atom is 0.271 e. The van der Waals surface area contributed by atoms with Gasteiger partial charge in [-0.05, 0) is 0 Å². The number of primary amides is 1. The number of nitrogens with zero attached hydrogens (tertiary/aromatic N) is 2. The molecule has 0 bridgehead atoms. The van der Waals surface area contributed by atoms with Crippen LogP contribution >= 0.6 is 0 Å². The molecular formula is C9H13N5O3. The van der Waals surface area contributed by atoms with E-state index < -0.39 is 5.91 Å². The first-order chi connectivity index (χ1) is 8.09. The zero-order valence-corrected chi connectivity index (χ0v) is 9.05. The summed E-state index contributed by atoms with van der Waals surface area (Å²) in [5.41, 5.74) is 10.3. The van der Waals surface area contributed by atoms with Gasteiger partial charge in [-0.25, -0.2) is 9.97 Å². The molecular weight excluding hydrogens is 226 g/mol. The van der Waals surface area contributed by atoms with Crippen LogP contribution in [-0.4, -0.2) is 41.5 Å². The zero-order valence-electron chi connectivity index (χ0n) is 9.05. The number of nitrogens with two attached hydrogens (primary N) is 2. The second-order valence-corrected chi connectivity index (χ2v) is 3.10. The summed E-state index contributed by atoms with van der Waals surface area (Å²) in [7, 11) is 0. The first kappa shape index (κ1) is 12.8. The van der Waals surface area contributed by atoms with E-state index in [0.717, 1.165) is 0 Å². The van der Waals surface area contributed by atoms with E-state index in [1.807, 2.05) is 0 Å². The quantitative estimate of drug-likeness (QED) is 0.506. The normalized spacial score (nSPS) is 9.88. The Morgan fingerprint density at radius 3 is 2.71 bits per heavy atom. The Labute approximate surface area is 97.4 Å². The van der Waals surface area contributed by atoms with Crippen molar-refractivity contribution in [2.24, 2.45) is 5.73 Å². The smallest absolute Gasteiger partial charge is 0.271 e. The molecule has 0 fully saturated rings. The number of hydrogen-bond donors (Lipinski definition) is 3. The Morgan fingerprint density at radius 1 is 1.35 bits per heavy atom. The van der Waals surface area contributed by atoms with Gasteiger partial charge >= 0.3 is 0 Å². The average Bonchev–Trinajstić information content (AvgIpc) is 2.29. The van der Waals surface area contributed by atoms with E-state index >= 15 is 0 Å². The molecule has 1 aromatic rings. The number of carbonyl (C=O) groups excluding carboxylic acids is 2. The molecule has 0 aliphatic rings. The lowest BCUT2D eigenvalue weighted by molar-refractivity contribution is -0.122. The van der Waals surface area contributed by atoms with Gasteiger partial charge in [-0.15, -0.1) is 0 Å². The third-order valence-electron chi connectivity index (χ3n) is 1.68. The molecule has 0 aliphatic heterocycles. The molecule has 1 aromatic heterocycles. The molecule has 0 spiro atoms. The third-order valence-corrected chi connectivity index (χ3v) is 1.68. The first-order valence-electron chi connectivity index (χ1n) is 4.81. The number of aromatic nitrogens is 2. The van der Waals surface area contributed by atoms with E-state index in [2.05, 4.69) is 15.3 Å². The molecule has 0 aromatic carbocycles. The fraction of sp³-hybridized carbons (Fsp3) is 0.333. The summed E-state index contributed by atoms with van der Waals surface area (Å²) >= 11 is 0. The van der Waals surface area contributed by atoms with Crippen LogP contribution in [0.1, 0.15) is 10.5 Å². The molecule has 92 valence electrons. The fourth-order valence-electron chi connectivity index (χ4n) is 0.955. The van der Waals surface area contributed by atoms with Crippen molar-refractivity contribution in [3.05, 3.63) is 18.1 Å². The number of ether oxygens (including phenoxy) is 1. The number of anilines is 1. The van der Waals surface area contributed by atoms with E-state index in [-0.39, 0.29) is 37.2 Å². The topological polar surface area (TPSA) is 133 Å². The van der Waals surface area contributed by atoms with Crippen molar-refractivity contribution < 1.29 is 14.3 Å². The van der Waals surface area contributed by atoms with E-state index in [9.17, 15) is 9.59 Å². The van der Waals surface area contributed by atoms with Gasteiger partial charge in [-0.2, -0.15) is 0 Å². The van der Waals surface area contributed by atoms with Crippen LogP contribution in [0.3, 0.4) is 0 Å². The van der Waals surface area contributed by atoms with Gasteiger partial charge in [0.05, 0.1) is 19.0 Å². The average molecular weight is 239 g/mol. The van der Waals surface area contributed by atoms with Crippen molar-refractivity contribution in [2.75, 3.05) is 25.5 Å². The van der Waals surface area contributed by atoms with Crippen molar-refractivity contribution in [3.8, 4) is 0 Å². The van der Waals surface area contributed by atoms with Crippen molar-refractivity contribution in [1.29, 1.82) is 0 Å². The van der Waals surface area contributed by atoms with Crippen molar-refractivity contribution >= 4 is 17.6 Å². The first-order valence-corrected chi connectivity index (χ1v) is 4.81. The number of rotatable bonds is 6. The summed E-state index contributed by atoms with van der Waals surface area (Å²) in [5.74, 6) is -0.702. The molecule has 5 N–H and O–H groups in total. The molecule has 0 saturated carbocycles. The number of nitrogen functional groups attached to an aromatic ring is 1. The van der Waals surface area contributed by atoms with Crippen LogP contribution in [0, 0.1) is 0 Å². The Kier molecular flexibility index (Phi) is 4.82. The molecule has 0 unspecified atom stereocenters. The molecule has 8 nitrogen and oxygen atoms in total. The molecule has 17 heavy (non-hydrogen) atoms. The lowest BCUT2D eigenvalue weighted by Gasteiger charge is -2.04. The van der Waals surface area contributed by atoms with Crippen LogP contribution in [-0.2, 0) is 9.53 Å². The zero-order chi connectivity index (χ0) is 12.7. The maximum absolute atomic E-state index is 11.5. The molecule has 0 radical (unpaired) electrons. The molecule has 2 amide bonds. The second kappa shape index (κ2) is 6.38. The highest BCUT2D eigenvalue weighted by atomic mass is 16.5. The molecule has 0 atom stereocenters. The van der Waals surface area contributed by atoms with Gasteiger partial charge in [-0.1, -0.05) is 0 Å². The Morgan fingerprint density at radius 2 is 2.12 bits per heavy atom. The van der Waals surface area contributed by atoms with Gasteiger partial charge in [0.25, 0.3) is 5.91 Å². The Hall–Kier alpha value is -2.22. The van der Waals surface area contributed by atoms with E-state index in [4.69, 9.17) is 16.2 Å². The largest absolute Gasteiger partial charge is 0.382 e. The SMILES string of the molecule is NC(=O)COCCNC(=O)c1cnc(N)cn1. The minimum absolute atomic E-state index is 0.161. The van der Waals surface area contributed by atoms with Crippen molar-refractivity contribution in [2.45, 2.75) is 0 Å². The van der Waals surface area contributed by atoms with Crippen LogP contribution in [0.2, 0.25) is 0 Å². The lowest BCUT2D eigenvalue weighted by atomic mass is 10.4. The van der Waals surface area contributed by atoms with Crippen LogP contribution in [0.15, 0.2) is 12.4 Å². The van der Waals surface area contributed by atoms with Gasteiger partial charge in [0, 0.05) is 6.54 Å². The summed E-state index contributed by atoms with van der Waals surface area (Å²) < 4.78 is 4.86. The highest BCUT2D eigenvalue weighted by Gasteiger charge is 2.06. The lowest BCUT2D eigenvalue weighted by Crippen LogP contribution is -2.29. The fourth-order valence-corrected chi connectivity index (χ4v) is 0.955. The summed E-state index contributed by atoms with van der Waals surface area (Å²) in [6.07, 6.45) is 2.56. The highest BCUT2D eigenvalue weighted by molar-refractivity contribution is 5.91. The molecule has 8 heteroatoms. The van der Waals surface area contributed by atoms with Crippen LogP contribution < -0.4 is 16.8 Å². The molecule has 0 saturated heterocycles. The summed E-state index contributed by atoms with van der Waals surface area (Å²) in [4.78, 5) is 29.3. The standard InChI is InChI=1S/C9H13N5O3/c10-7-4-13-6(3-14-7)9(16)12-1-2-17-5-8(11)15/h3-4H,1-2,5H2,(H2,10,14)(H2,11,15)(H,12,16). The van der Waals surface area contributed by atoms with Crippen molar-refractivity contribution in [3.63, 3.8) is 0 Å². The third kappa shape index (κ3) is 4.89. The minimum atomic E-state index is -0.555. The van der Waals surface area contributed by atoms with Gasteiger partial charge in [0.1, 0.15) is 18.1 Å². The van der Waals surface area contributed by atoms with Gasteiger partial charge in [-0.3, -0.25) is 9.59 Å². The van der Waals surface area contributed by atoms with E-state index in [1.165, 1.54) is 12.4 Å².